The highest BCUT2D eigenvalue weighted by Crippen LogP contribution is 2.06. The van der Waals surface area contributed by atoms with Crippen molar-refractivity contribution in [3.05, 3.63) is 70.8 Å². The van der Waals surface area contributed by atoms with Gasteiger partial charge in [-0.1, -0.05) is 19.1 Å². The Morgan fingerprint density at radius 1 is 0.792 bits per heavy atom. The summed E-state index contributed by atoms with van der Waals surface area (Å²) in [5.74, 6) is -1.37. The fourth-order valence-corrected chi connectivity index (χ4v) is 2.03. The number of hydrogen-bond donors (Lipinski definition) is 2. The number of methoxy groups -OCH3 is 1. The molecule has 0 spiro atoms. The van der Waals surface area contributed by atoms with Crippen LogP contribution in [0.1, 0.15) is 43.6 Å². The molecule has 0 unspecified atom stereocenters. The number of hydrazine groups is 1. The number of carbonyl (C=O) groups is 3. The first-order valence-electron chi connectivity index (χ1n) is 7.43. The van der Waals surface area contributed by atoms with Gasteiger partial charge in [0.1, 0.15) is 0 Å². The standard InChI is InChI=1S/C18H18N2O4/c1-3-12-4-6-13(7-5-12)16(21)19-20-17(22)14-8-10-15(11-9-14)18(23)24-2/h4-11H,3H2,1-2H3,(H,19,21)(H,20,22). The number of ether oxygens (including phenoxy) is 1. The lowest BCUT2D eigenvalue weighted by Crippen LogP contribution is -2.41. The van der Waals surface area contributed by atoms with E-state index in [2.05, 4.69) is 15.6 Å². The van der Waals surface area contributed by atoms with E-state index in [1.807, 2.05) is 19.1 Å². The van der Waals surface area contributed by atoms with Crippen LogP contribution < -0.4 is 10.9 Å². The van der Waals surface area contributed by atoms with E-state index in [-0.39, 0.29) is 0 Å². The molecule has 2 aromatic carbocycles. The number of esters is 1. The third-order valence-electron chi connectivity index (χ3n) is 3.48. The number of carbonyl (C=O) groups excluding carboxylic acids is 3. The van der Waals surface area contributed by atoms with Crippen LogP contribution in [0.2, 0.25) is 0 Å². The molecule has 0 atom stereocenters. The van der Waals surface area contributed by atoms with E-state index in [9.17, 15) is 14.4 Å². The SMILES string of the molecule is CCc1ccc(C(=O)NNC(=O)c2ccc(C(=O)OC)cc2)cc1. The smallest absolute Gasteiger partial charge is 0.337 e. The minimum atomic E-state index is -0.482. The van der Waals surface area contributed by atoms with Gasteiger partial charge in [0.2, 0.25) is 0 Å². The van der Waals surface area contributed by atoms with E-state index in [0.29, 0.717) is 16.7 Å². The van der Waals surface area contributed by atoms with Gasteiger partial charge in [0.15, 0.2) is 0 Å². The molecule has 0 aliphatic heterocycles. The number of rotatable bonds is 4. The minimum Gasteiger partial charge on any atom is -0.465 e. The van der Waals surface area contributed by atoms with Gasteiger partial charge in [0.25, 0.3) is 11.8 Å². The van der Waals surface area contributed by atoms with Crippen molar-refractivity contribution in [2.24, 2.45) is 0 Å². The molecule has 0 saturated carbocycles. The van der Waals surface area contributed by atoms with Crippen LogP contribution in [0.5, 0.6) is 0 Å². The van der Waals surface area contributed by atoms with Gasteiger partial charge in [0.05, 0.1) is 12.7 Å². The highest BCUT2D eigenvalue weighted by atomic mass is 16.5. The topological polar surface area (TPSA) is 84.5 Å². The Balaban J connectivity index is 1.94. The first kappa shape index (κ1) is 17.2. The predicted octanol–water partition coefficient (Wildman–Crippen LogP) is 2.11. The lowest BCUT2D eigenvalue weighted by molar-refractivity contribution is 0.0600. The molecular weight excluding hydrogens is 308 g/mol. The maximum Gasteiger partial charge on any atom is 0.337 e. The minimum absolute atomic E-state index is 0.310. The Bertz CT molecular complexity index is 737. The fourth-order valence-electron chi connectivity index (χ4n) is 2.03. The first-order valence-corrected chi connectivity index (χ1v) is 7.43. The number of benzene rings is 2. The summed E-state index contributed by atoms with van der Waals surface area (Å²) in [6.45, 7) is 2.03. The summed E-state index contributed by atoms with van der Waals surface area (Å²) in [6, 6.07) is 13.0. The van der Waals surface area contributed by atoms with E-state index in [0.717, 1.165) is 12.0 Å². The molecule has 124 valence electrons. The molecule has 0 aliphatic rings. The fraction of sp³-hybridized carbons (Fsp3) is 0.167. The Labute approximate surface area is 139 Å². The lowest BCUT2D eigenvalue weighted by atomic mass is 10.1. The summed E-state index contributed by atoms with van der Waals surface area (Å²) in [6.07, 6.45) is 0.889. The Morgan fingerprint density at radius 3 is 1.62 bits per heavy atom. The van der Waals surface area contributed by atoms with Crippen LogP contribution in [0, 0.1) is 0 Å². The van der Waals surface area contributed by atoms with Gasteiger partial charge in [-0.3, -0.25) is 20.4 Å². The van der Waals surface area contributed by atoms with Crippen molar-refractivity contribution in [1.29, 1.82) is 0 Å². The number of aryl methyl sites for hydroxylation is 1. The van der Waals surface area contributed by atoms with Crippen molar-refractivity contribution in [1.82, 2.24) is 10.9 Å². The molecule has 0 heterocycles. The van der Waals surface area contributed by atoms with Crippen molar-refractivity contribution in [3.63, 3.8) is 0 Å². The number of hydrogen-bond acceptors (Lipinski definition) is 4. The van der Waals surface area contributed by atoms with E-state index >= 15 is 0 Å². The third kappa shape index (κ3) is 4.19. The second-order valence-corrected chi connectivity index (χ2v) is 5.03. The Morgan fingerprint density at radius 2 is 1.21 bits per heavy atom. The molecule has 6 heteroatoms. The highest BCUT2D eigenvalue weighted by Gasteiger charge is 2.11. The monoisotopic (exact) mass is 326 g/mol. The average Bonchev–Trinajstić information content (AvgIpc) is 2.65. The van der Waals surface area contributed by atoms with Gasteiger partial charge in [-0.2, -0.15) is 0 Å². The predicted molar refractivity (Wildman–Crippen MR) is 88.5 cm³/mol. The van der Waals surface area contributed by atoms with Crippen LogP contribution in [0.4, 0.5) is 0 Å². The molecule has 0 radical (unpaired) electrons. The maximum atomic E-state index is 12.0. The molecule has 2 N–H and O–H groups in total. The summed E-state index contributed by atoms with van der Waals surface area (Å²) >= 11 is 0. The molecule has 2 rings (SSSR count). The van der Waals surface area contributed by atoms with Crippen molar-refractivity contribution in [2.45, 2.75) is 13.3 Å². The van der Waals surface area contributed by atoms with E-state index in [4.69, 9.17) is 0 Å². The van der Waals surface area contributed by atoms with Gasteiger partial charge in [0, 0.05) is 11.1 Å². The van der Waals surface area contributed by atoms with Crippen LogP contribution >= 0.6 is 0 Å². The van der Waals surface area contributed by atoms with E-state index < -0.39 is 17.8 Å². The number of amides is 2. The van der Waals surface area contributed by atoms with Crippen molar-refractivity contribution in [3.8, 4) is 0 Å². The van der Waals surface area contributed by atoms with Crippen LogP contribution in [-0.2, 0) is 11.2 Å². The molecule has 0 saturated heterocycles. The zero-order valence-corrected chi connectivity index (χ0v) is 13.5. The molecule has 0 fully saturated rings. The summed E-state index contributed by atoms with van der Waals surface area (Å²) in [4.78, 5) is 35.3. The zero-order valence-electron chi connectivity index (χ0n) is 13.5. The van der Waals surface area contributed by atoms with Gasteiger partial charge >= 0.3 is 5.97 Å². The summed E-state index contributed by atoms with van der Waals surface area (Å²) < 4.78 is 4.58. The van der Waals surface area contributed by atoms with Crippen LogP contribution in [-0.4, -0.2) is 24.9 Å². The molecular formula is C18H18N2O4. The first-order chi connectivity index (χ1) is 11.5. The quantitative estimate of drug-likeness (QED) is 0.666. The van der Waals surface area contributed by atoms with Crippen molar-refractivity contribution < 1.29 is 19.1 Å². The molecule has 2 aromatic rings. The molecule has 0 aliphatic carbocycles. The summed E-state index contributed by atoms with van der Waals surface area (Å²) in [5, 5.41) is 0. The van der Waals surface area contributed by atoms with Crippen LogP contribution in [0.3, 0.4) is 0 Å². The van der Waals surface area contributed by atoms with Gasteiger partial charge in [-0.25, -0.2) is 4.79 Å². The molecule has 6 nitrogen and oxygen atoms in total. The van der Waals surface area contributed by atoms with Gasteiger partial charge in [-0.15, -0.1) is 0 Å². The Kier molecular flexibility index (Phi) is 5.68. The largest absolute Gasteiger partial charge is 0.465 e. The summed E-state index contributed by atoms with van der Waals surface area (Å²) in [7, 11) is 1.28. The number of nitrogens with one attached hydrogen (secondary N) is 2. The highest BCUT2D eigenvalue weighted by molar-refractivity contribution is 5.99. The van der Waals surface area contributed by atoms with Crippen LogP contribution in [0.15, 0.2) is 48.5 Å². The Hall–Kier alpha value is -3.15. The zero-order chi connectivity index (χ0) is 17.5. The van der Waals surface area contributed by atoms with E-state index in [1.165, 1.54) is 31.4 Å². The second kappa shape index (κ2) is 7.92. The van der Waals surface area contributed by atoms with E-state index in [1.54, 1.807) is 12.1 Å². The molecule has 2 amide bonds. The van der Waals surface area contributed by atoms with Crippen molar-refractivity contribution >= 4 is 17.8 Å². The van der Waals surface area contributed by atoms with Gasteiger partial charge in [-0.05, 0) is 48.4 Å². The molecule has 0 bridgehead atoms. The maximum absolute atomic E-state index is 12.0. The second-order valence-electron chi connectivity index (χ2n) is 5.03. The lowest BCUT2D eigenvalue weighted by Gasteiger charge is -2.08. The molecule has 24 heavy (non-hydrogen) atoms. The molecule has 0 aromatic heterocycles. The van der Waals surface area contributed by atoms with Crippen molar-refractivity contribution in [2.75, 3.05) is 7.11 Å². The van der Waals surface area contributed by atoms with Gasteiger partial charge < -0.3 is 4.74 Å². The average molecular weight is 326 g/mol. The normalized spacial score (nSPS) is 9.92. The third-order valence-corrected chi connectivity index (χ3v) is 3.48. The van der Waals surface area contributed by atoms with Crippen LogP contribution in [0.25, 0.3) is 0 Å². The summed E-state index contributed by atoms with van der Waals surface area (Å²) in [5.41, 5.74) is 6.92.